The van der Waals surface area contributed by atoms with Gasteiger partial charge in [0.15, 0.2) is 0 Å². The molecule has 2 atom stereocenters. The molecular weight excluding hydrogens is 398 g/mol. The average molecular weight is 421 g/mol. The van der Waals surface area contributed by atoms with E-state index in [1.807, 2.05) is 54.6 Å². The topological polar surface area (TPSA) is 118 Å². The number of para-hydroxylation sites is 1. The molecule has 0 radical (unpaired) electrons. The second-order valence-corrected chi connectivity index (χ2v) is 7.21. The Morgan fingerprint density at radius 3 is 2.35 bits per heavy atom. The number of hydrogen-bond donors (Lipinski definition) is 3. The van der Waals surface area contributed by atoms with Gasteiger partial charge >= 0.3 is 5.97 Å². The third-order valence-corrected chi connectivity index (χ3v) is 4.98. The van der Waals surface area contributed by atoms with Crippen LogP contribution in [0.5, 0.6) is 0 Å². The molecule has 0 aliphatic rings. The van der Waals surface area contributed by atoms with Crippen LogP contribution in [0.1, 0.15) is 22.5 Å². The number of carboxylic acids is 1. The van der Waals surface area contributed by atoms with E-state index in [0.717, 1.165) is 16.5 Å². The van der Waals surface area contributed by atoms with E-state index in [2.05, 4.69) is 10.6 Å². The molecule has 8 nitrogen and oxygen atoms in total. The average Bonchev–Trinajstić information content (AvgIpc) is 3.10. The second kappa shape index (κ2) is 9.71. The van der Waals surface area contributed by atoms with Crippen molar-refractivity contribution < 1.29 is 24.3 Å². The van der Waals surface area contributed by atoms with Gasteiger partial charge < -0.3 is 25.1 Å². The molecule has 2 aromatic carbocycles. The monoisotopic (exact) mass is 421 g/mol. The van der Waals surface area contributed by atoms with Gasteiger partial charge in [0.25, 0.3) is 5.91 Å². The Balaban J connectivity index is 1.83. The van der Waals surface area contributed by atoms with Gasteiger partial charge in [-0.1, -0.05) is 48.5 Å². The summed E-state index contributed by atoms with van der Waals surface area (Å²) >= 11 is 0. The molecule has 1 heterocycles. The summed E-state index contributed by atoms with van der Waals surface area (Å²) in [6.45, 7) is 0. The number of benzene rings is 2. The second-order valence-electron chi connectivity index (χ2n) is 7.21. The molecule has 31 heavy (non-hydrogen) atoms. The van der Waals surface area contributed by atoms with Gasteiger partial charge in [0, 0.05) is 24.4 Å². The van der Waals surface area contributed by atoms with E-state index >= 15 is 0 Å². The van der Waals surface area contributed by atoms with Crippen molar-refractivity contribution in [2.45, 2.75) is 24.9 Å². The highest BCUT2D eigenvalue weighted by molar-refractivity contribution is 6.01. The molecule has 8 heteroatoms. The van der Waals surface area contributed by atoms with Crippen molar-refractivity contribution in [2.75, 3.05) is 0 Å². The Morgan fingerprint density at radius 2 is 1.71 bits per heavy atom. The van der Waals surface area contributed by atoms with Crippen LogP contribution in [-0.4, -0.2) is 45.8 Å². The predicted octanol–water partition coefficient (Wildman–Crippen LogP) is 1.68. The lowest BCUT2D eigenvalue weighted by Gasteiger charge is -2.20. The maximum Gasteiger partial charge on any atom is 0.305 e. The zero-order valence-electron chi connectivity index (χ0n) is 16.9. The van der Waals surface area contributed by atoms with Gasteiger partial charge in [-0.05, 0) is 17.7 Å². The Kier molecular flexibility index (Phi) is 6.81. The Bertz CT molecular complexity index is 1110. The summed E-state index contributed by atoms with van der Waals surface area (Å²) in [6.07, 6.45) is 0.0166. The number of aldehydes is 1. The maximum absolute atomic E-state index is 13.0. The van der Waals surface area contributed by atoms with Gasteiger partial charge in [0.1, 0.15) is 18.0 Å². The number of nitrogens with zero attached hydrogens (tertiary/aromatic N) is 1. The molecule has 3 rings (SSSR count). The Hall–Kier alpha value is -3.94. The number of rotatable bonds is 9. The van der Waals surface area contributed by atoms with Crippen LogP contribution in [0, 0.1) is 0 Å². The van der Waals surface area contributed by atoms with Crippen LogP contribution in [-0.2, 0) is 27.9 Å². The van der Waals surface area contributed by atoms with Gasteiger partial charge in [-0.25, -0.2) is 0 Å². The third-order valence-electron chi connectivity index (χ3n) is 4.98. The SMILES string of the molecule is Cn1c(C(=O)NC(Cc2ccccc2)C(=O)N[C@@H](C=O)CC(=O)O)cc2ccccc21. The van der Waals surface area contributed by atoms with Gasteiger partial charge in [-0.3, -0.25) is 14.4 Å². The summed E-state index contributed by atoms with van der Waals surface area (Å²) in [6, 6.07) is 16.2. The van der Waals surface area contributed by atoms with Crippen molar-refractivity contribution in [3.05, 3.63) is 71.9 Å². The first-order valence-electron chi connectivity index (χ1n) is 9.75. The van der Waals surface area contributed by atoms with Crippen LogP contribution in [0.3, 0.4) is 0 Å². The lowest BCUT2D eigenvalue weighted by molar-refractivity contribution is -0.138. The maximum atomic E-state index is 13.0. The zero-order valence-corrected chi connectivity index (χ0v) is 16.9. The Morgan fingerprint density at radius 1 is 1.03 bits per heavy atom. The number of aromatic nitrogens is 1. The number of fused-ring (bicyclic) bond motifs is 1. The molecule has 0 spiro atoms. The smallest absolute Gasteiger partial charge is 0.305 e. The van der Waals surface area contributed by atoms with Gasteiger partial charge in [-0.2, -0.15) is 0 Å². The fraction of sp³-hybridized carbons (Fsp3) is 0.217. The quantitative estimate of drug-likeness (QED) is 0.455. The first-order valence-corrected chi connectivity index (χ1v) is 9.75. The largest absolute Gasteiger partial charge is 0.481 e. The van der Waals surface area contributed by atoms with Gasteiger partial charge in [0.2, 0.25) is 5.91 Å². The summed E-state index contributed by atoms with van der Waals surface area (Å²) in [7, 11) is 1.76. The summed E-state index contributed by atoms with van der Waals surface area (Å²) < 4.78 is 1.74. The molecule has 0 aliphatic carbocycles. The predicted molar refractivity (Wildman–Crippen MR) is 115 cm³/mol. The lowest BCUT2D eigenvalue weighted by atomic mass is 10.0. The van der Waals surface area contributed by atoms with Crippen molar-refractivity contribution in [3.8, 4) is 0 Å². The van der Waals surface area contributed by atoms with E-state index in [-0.39, 0.29) is 6.42 Å². The van der Waals surface area contributed by atoms with Crippen molar-refractivity contribution in [2.24, 2.45) is 7.05 Å². The number of aryl methyl sites for hydroxylation is 1. The van der Waals surface area contributed by atoms with Crippen molar-refractivity contribution in [1.82, 2.24) is 15.2 Å². The summed E-state index contributed by atoms with van der Waals surface area (Å²) in [5.74, 6) is -2.29. The first-order chi connectivity index (χ1) is 14.9. The van der Waals surface area contributed by atoms with E-state index < -0.39 is 36.3 Å². The third kappa shape index (κ3) is 5.36. The number of nitrogens with one attached hydrogen (secondary N) is 2. The van der Waals surface area contributed by atoms with Crippen LogP contribution in [0.25, 0.3) is 10.9 Å². The normalized spacial score (nSPS) is 12.7. The van der Waals surface area contributed by atoms with E-state index in [1.54, 1.807) is 17.7 Å². The minimum atomic E-state index is -1.21. The van der Waals surface area contributed by atoms with E-state index in [0.29, 0.717) is 12.0 Å². The highest BCUT2D eigenvalue weighted by Crippen LogP contribution is 2.18. The molecule has 0 bridgehead atoms. The first kappa shape index (κ1) is 21.8. The van der Waals surface area contributed by atoms with Gasteiger partial charge in [-0.15, -0.1) is 0 Å². The molecule has 0 aliphatic heterocycles. The summed E-state index contributed by atoms with van der Waals surface area (Å²) in [5.41, 5.74) is 2.06. The van der Waals surface area contributed by atoms with E-state index in [4.69, 9.17) is 5.11 Å². The number of carboxylic acid groups (broad SMARTS) is 1. The molecular formula is C23H23N3O5. The lowest BCUT2D eigenvalue weighted by Crippen LogP contribution is -2.51. The highest BCUT2D eigenvalue weighted by Gasteiger charge is 2.26. The molecule has 2 amide bonds. The molecule has 0 saturated carbocycles. The highest BCUT2D eigenvalue weighted by atomic mass is 16.4. The molecule has 3 aromatic rings. The van der Waals surface area contributed by atoms with E-state index in [9.17, 15) is 19.2 Å². The molecule has 1 aromatic heterocycles. The standard InChI is InChI=1S/C23H23N3O5/c1-26-19-10-6-5-9-16(19)12-20(26)23(31)25-18(11-15-7-3-2-4-8-15)22(30)24-17(14-27)13-21(28)29/h2-10,12,14,17-18H,11,13H2,1H3,(H,24,30)(H,25,31)(H,28,29)/t17-,18?/m1/s1. The Labute approximate surface area is 178 Å². The summed E-state index contributed by atoms with van der Waals surface area (Å²) in [4.78, 5) is 47.9. The fourth-order valence-electron chi connectivity index (χ4n) is 3.40. The number of hydrogen-bond acceptors (Lipinski definition) is 4. The van der Waals surface area contributed by atoms with Gasteiger partial charge in [0.05, 0.1) is 12.5 Å². The fourth-order valence-corrected chi connectivity index (χ4v) is 3.40. The van der Waals surface area contributed by atoms with Crippen LogP contribution < -0.4 is 10.6 Å². The number of carbonyl (C=O) groups excluding carboxylic acids is 3. The molecule has 0 fully saturated rings. The van der Waals surface area contributed by atoms with Crippen molar-refractivity contribution in [3.63, 3.8) is 0 Å². The minimum Gasteiger partial charge on any atom is -0.481 e. The van der Waals surface area contributed by atoms with Crippen LogP contribution in [0.15, 0.2) is 60.7 Å². The molecule has 160 valence electrons. The number of aliphatic carboxylic acids is 1. The van der Waals surface area contributed by atoms with Crippen molar-refractivity contribution in [1.29, 1.82) is 0 Å². The zero-order chi connectivity index (χ0) is 22.4. The minimum absolute atomic E-state index is 0.182. The van der Waals surface area contributed by atoms with Crippen molar-refractivity contribution >= 4 is 35.0 Å². The molecule has 0 saturated heterocycles. The number of amides is 2. The molecule has 3 N–H and O–H groups in total. The van der Waals surface area contributed by atoms with Crippen LogP contribution >= 0.6 is 0 Å². The number of carbonyl (C=O) groups is 4. The van der Waals surface area contributed by atoms with E-state index in [1.165, 1.54) is 0 Å². The molecule has 1 unspecified atom stereocenters. The van der Waals surface area contributed by atoms with Crippen LogP contribution in [0.4, 0.5) is 0 Å². The van der Waals surface area contributed by atoms with Crippen LogP contribution in [0.2, 0.25) is 0 Å². The summed E-state index contributed by atoms with van der Waals surface area (Å²) in [5, 5.41) is 14.9.